The Morgan fingerprint density at radius 2 is 1.88 bits per heavy atom. The third-order valence-corrected chi connectivity index (χ3v) is 4.90. The van der Waals surface area contributed by atoms with E-state index in [-0.39, 0.29) is 30.3 Å². The van der Waals surface area contributed by atoms with Gasteiger partial charge in [0.25, 0.3) is 0 Å². The molecule has 7 nitrogen and oxygen atoms in total. The van der Waals surface area contributed by atoms with Crippen LogP contribution in [0.5, 0.6) is 0 Å². The molecule has 2 fully saturated rings. The Balaban J connectivity index is 0.00000338. The lowest BCUT2D eigenvalue weighted by Gasteiger charge is -2.32. The van der Waals surface area contributed by atoms with Crippen molar-refractivity contribution in [1.29, 1.82) is 0 Å². The summed E-state index contributed by atoms with van der Waals surface area (Å²) in [5.74, 6) is 0.461. The number of likely N-dealkylation sites (tertiary alicyclic amines) is 1. The lowest BCUT2D eigenvalue weighted by molar-refractivity contribution is -0.126. The Morgan fingerprint density at radius 1 is 1.15 bits per heavy atom. The highest BCUT2D eigenvalue weighted by atomic mass is 35.5. The van der Waals surface area contributed by atoms with Crippen LogP contribution < -0.4 is 16.0 Å². The van der Waals surface area contributed by atoms with E-state index >= 15 is 0 Å². The van der Waals surface area contributed by atoms with Crippen LogP contribution in [0.15, 0.2) is 0 Å². The fraction of sp³-hybridized carbons (Fsp3) is 0.889. The number of hydrogen-bond donors (Lipinski definition) is 3. The summed E-state index contributed by atoms with van der Waals surface area (Å²) in [6.45, 7) is 12.2. The molecule has 1 atom stereocenters. The molecule has 0 radical (unpaired) electrons. The molecule has 2 rings (SSSR count). The highest BCUT2D eigenvalue weighted by Gasteiger charge is 2.28. The van der Waals surface area contributed by atoms with Crippen molar-refractivity contribution in [3.63, 3.8) is 0 Å². The molecule has 2 aliphatic rings. The van der Waals surface area contributed by atoms with E-state index in [9.17, 15) is 9.59 Å². The number of carbonyl (C=O) groups excluding carboxylic acids is 2. The van der Waals surface area contributed by atoms with Crippen molar-refractivity contribution in [3.05, 3.63) is 0 Å². The van der Waals surface area contributed by atoms with E-state index in [0.717, 1.165) is 65.1 Å². The van der Waals surface area contributed by atoms with E-state index in [1.807, 2.05) is 0 Å². The van der Waals surface area contributed by atoms with Gasteiger partial charge in [-0.05, 0) is 31.7 Å². The molecule has 2 aliphatic heterocycles. The average Bonchev–Trinajstić information content (AvgIpc) is 2.64. The first-order chi connectivity index (χ1) is 12.1. The van der Waals surface area contributed by atoms with E-state index in [0.29, 0.717) is 19.0 Å². The minimum atomic E-state index is -0.0715. The van der Waals surface area contributed by atoms with Gasteiger partial charge in [-0.1, -0.05) is 13.8 Å². The highest BCUT2D eigenvalue weighted by molar-refractivity contribution is 5.85. The molecular formula is C18H36ClN5O2. The van der Waals surface area contributed by atoms with Crippen molar-refractivity contribution in [3.8, 4) is 0 Å². The van der Waals surface area contributed by atoms with E-state index in [4.69, 9.17) is 0 Å². The first-order valence-corrected chi connectivity index (χ1v) is 9.80. The average molecular weight is 390 g/mol. The van der Waals surface area contributed by atoms with Crippen molar-refractivity contribution in [2.45, 2.75) is 33.1 Å². The summed E-state index contributed by atoms with van der Waals surface area (Å²) in [4.78, 5) is 28.8. The number of carbonyl (C=O) groups is 2. The maximum atomic E-state index is 12.4. The molecule has 0 bridgehead atoms. The summed E-state index contributed by atoms with van der Waals surface area (Å²) in [6.07, 6.45) is 2.75. The minimum Gasteiger partial charge on any atom is -0.356 e. The number of rotatable bonds is 7. The van der Waals surface area contributed by atoms with Crippen LogP contribution in [0.4, 0.5) is 4.79 Å². The normalized spacial score (nSPS) is 21.2. The Labute approximate surface area is 164 Å². The number of amides is 3. The molecule has 26 heavy (non-hydrogen) atoms. The number of piperazine rings is 1. The number of nitrogens with zero attached hydrogens (tertiary/aromatic N) is 2. The lowest BCUT2D eigenvalue weighted by Crippen LogP contribution is -2.49. The Hall–Kier alpha value is -1.05. The van der Waals surface area contributed by atoms with Crippen molar-refractivity contribution in [1.82, 2.24) is 25.8 Å². The molecule has 8 heteroatoms. The summed E-state index contributed by atoms with van der Waals surface area (Å²) < 4.78 is 0. The standard InChI is InChI=1S/C18H35N5O2.ClH/c1-15(2)13-21-18(25)23-10-3-5-16(14-23)17(24)20-6-4-9-22-11-7-19-8-12-22;/h15-16,19H,3-14H2,1-2H3,(H,20,24)(H,21,25);1H. The monoisotopic (exact) mass is 389 g/mol. The van der Waals surface area contributed by atoms with Crippen molar-refractivity contribution in [2.75, 3.05) is 58.9 Å². The Bertz CT molecular complexity index is 430. The first kappa shape index (κ1) is 23.0. The molecule has 152 valence electrons. The van der Waals surface area contributed by atoms with Crippen LogP contribution in [-0.2, 0) is 4.79 Å². The van der Waals surface area contributed by atoms with Gasteiger partial charge in [-0.15, -0.1) is 12.4 Å². The fourth-order valence-electron chi connectivity index (χ4n) is 3.37. The van der Waals surface area contributed by atoms with E-state index < -0.39 is 0 Å². The van der Waals surface area contributed by atoms with Gasteiger partial charge >= 0.3 is 6.03 Å². The number of urea groups is 1. The van der Waals surface area contributed by atoms with Crippen molar-refractivity contribution >= 4 is 24.3 Å². The molecule has 0 aromatic carbocycles. The van der Waals surface area contributed by atoms with Crippen LogP contribution in [0, 0.1) is 11.8 Å². The van der Waals surface area contributed by atoms with Gasteiger partial charge in [0.15, 0.2) is 0 Å². The van der Waals surface area contributed by atoms with E-state index in [1.54, 1.807) is 4.90 Å². The van der Waals surface area contributed by atoms with Crippen LogP contribution >= 0.6 is 12.4 Å². The number of hydrogen-bond acceptors (Lipinski definition) is 4. The van der Waals surface area contributed by atoms with Crippen molar-refractivity contribution < 1.29 is 9.59 Å². The molecule has 1 unspecified atom stereocenters. The summed E-state index contributed by atoms with van der Waals surface area (Å²) >= 11 is 0. The molecule has 0 saturated carbocycles. The Morgan fingerprint density at radius 3 is 2.58 bits per heavy atom. The third-order valence-electron chi connectivity index (χ3n) is 4.90. The SMILES string of the molecule is CC(C)CNC(=O)N1CCCC(C(=O)NCCCN2CCNCC2)C1.Cl. The summed E-state index contributed by atoms with van der Waals surface area (Å²) in [5.41, 5.74) is 0. The smallest absolute Gasteiger partial charge is 0.317 e. The second kappa shape index (κ2) is 12.4. The number of nitrogens with one attached hydrogen (secondary N) is 3. The molecular weight excluding hydrogens is 354 g/mol. The predicted molar refractivity (Wildman–Crippen MR) is 107 cm³/mol. The molecule has 3 N–H and O–H groups in total. The summed E-state index contributed by atoms with van der Waals surface area (Å²) in [7, 11) is 0. The van der Waals surface area contributed by atoms with Crippen LogP contribution in [0.3, 0.4) is 0 Å². The maximum absolute atomic E-state index is 12.4. The van der Waals surface area contributed by atoms with Gasteiger partial charge in [-0.3, -0.25) is 4.79 Å². The van der Waals surface area contributed by atoms with Gasteiger partial charge in [0, 0.05) is 52.4 Å². The number of halogens is 1. The maximum Gasteiger partial charge on any atom is 0.317 e. The van der Waals surface area contributed by atoms with Crippen molar-refractivity contribution in [2.24, 2.45) is 11.8 Å². The Kier molecular flexibility index (Phi) is 10.9. The van der Waals surface area contributed by atoms with Gasteiger partial charge < -0.3 is 25.8 Å². The topological polar surface area (TPSA) is 76.7 Å². The zero-order chi connectivity index (χ0) is 18.1. The van der Waals surface area contributed by atoms with Crippen LogP contribution in [0.1, 0.15) is 33.1 Å². The first-order valence-electron chi connectivity index (χ1n) is 9.80. The van der Waals surface area contributed by atoms with Crippen LogP contribution in [0.25, 0.3) is 0 Å². The third kappa shape index (κ3) is 8.10. The number of piperidine rings is 1. The van der Waals surface area contributed by atoms with Gasteiger partial charge in [0.05, 0.1) is 5.92 Å². The second-order valence-corrected chi connectivity index (χ2v) is 7.60. The van der Waals surface area contributed by atoms with Crippen LogP contribution in [0.2, 0.25) is 0 Å². The summed E-state index contributed by atoms with van der Waals surface area (Å²) in [6, 6.07) is -0.0371. The minimum absolute atomic E-state index is 0. The predicted octanol–water partition coefficient (Wildman–Crippen LogP) is 0.897. The zero-order valence-electron chi connectivity index (χ0n) is 16.3. The largest absolute Gasteiger partial charge is 0.356 e. The van der Waals surface area contributed by atoms with Gasteiger partial charge in [-0.2, -0.15) is 0 Å². The fourth-order valence-corrected chi connectivity index (χ4v) is 3.37. The second-order valence-electron chi connectivity index (χ2n) is 7.60. The van der Waals surface area contributed by atoms with Gasteiger partial charge in [0.1, 0.15) is 0 Å². The summed E-state index contributed by atoms with van der Waals surface area (Å²) in [5, 5.41) is 9.35. The molecule has 0 aliphatic carbocycles. The zero-order valence-corrected chi connectivity index (χ0v) is 17.1. The molecule has 2 heterocycles. The molecule has 0 aromatic rings. The molecule has 0 aromatic heterocycles. The lowest BCUT2D eigenvalue weighted by atomic mass is 9.97. The van der Waals surface area contributed by atoms with Crippen LogP contribution in [-0.4, -0.2) is 80.6 Å². The molecule has 3 amide bonds. The molecule has 2 saturated heterocycles. The van der Waals surface area contributed by atoms with Gasteiger partial charge in [0.2, 0.25) is 5.91 Å². The van der Waals surface area contributed by atoms with E-state index in [2.05, 4.69) is 34.7 Å². The highest BCUT2D eigenvalue weighted by Crippen LogP contribution is 2.16. The quantitative estimate of drug-likeness (QED) is 0.565. The van der Waals surface area contributed by atoms with Gasteiger partial charge in [-0.25, -0.2) is 4.79 Å². The molecule has 0 spiro atoms. The van der Waals surface area contributed by atoms with E-state index in [1.165, 1.54) is 0 Å².